The molecule has 6 nitrogen and oxygen atoms in total. The van der Waals surface area contributed by atoms with Gasteiger partial charge in [-0.2, -0.15) is 0 Å². The molecule has 1 fully saturated rings. The molecule has 2 aromatic rings. The molecule has 1 aliphatic rings. The number of nitrogens with zero attached hydrogens (tertiary/aromatic N) is 1. The third-order valence-corrected chi connectivity index (χ3v) is 5.71. The fraction of sp³-hybridized carbons (Fsp3) is 0.476. The lowest BCUT2D eigenvalue weighted by molar-refractivity contribution is 0.0870. The summed E-state index contributed by atoms with van der Waals surface area (Å²) in [5.74, 6) is 0.408. The highest BCUT2D eigenvalue weighted by Crippen LogP contribution is 2.38. The van der Waals surface area contributed by atoms with Gasteiger partial charge in [0.1, 0.15) is 5.69 Å². The Labute approximate surface area is 170 Å². The van der Waals surface area contributed by atoms with Crippen LogP contribution in [0.1, 0.15) is 56.1 Å². The standard InChI is InChI=1S/C21H28N4O2S/c1-13-6-5-7-15(8-13)23-19(27)25-20-24-17(12-28-20)18(26)22-16-9-14(2)10-21(3,4)11-16/h5-8,12,14,16H,9-11H2,1-4H3,(H,22,26)(H2,23,24,25,27)/t14-,16+/m1/s1. The summed E-state index contributed by atoms with van der Waals surface area (Å²) in [7, 11) is 0. The van der Waals surface area contributed by atoms with Crippen molar-refractivity contribution < 1.29 is 9.59 Å². The molecule has 1 aromatic carbocycles. The van der Waals surface area contributed by atoms with Crippen molar-refractivity contribution >= 4 is 34.1 Å². The van der Waals surface area contributed by atoms with Crippen LogP contribution in [0.4, 0.5) is 15.6 Å². The Kier molecular flexibility index (Phi) is 6.03. The largest absolute Gasteiger partial charge is 0.348 e. The van der Waals surface area contributed by atoms with E-state index in [4.69, 9.17) is 0 Å². The Morgan fingerprint density at radius 3 is 2.71 bits per heavy atom. The molecule has 1 heterocycles. The molecule has 1 aliphatic carbocycles. The molecule has 3 N–H and O–H groups in total. The molecule has 0 radical (unpaired) electrons. The molecular weight excluding hydrogens is 372 g/mol. The van der Waals surface area contributed by atoms with Crippen molar-refractivity contribution in [2.75, 3.05) is 10.6 Å². The summed E-state index contributed by atoms with van der Waals surface area (Å²) in [6.45, 7) is 8.69. The van der Waals surface area contributed by atoms with E-state index in [1.54, 1.807) is 5.38 Å². The number of amides is 3. The first-order valence-corrected chi connectivity index (χ1v) is 10.5. The highest BCUT2D eigenvalue weighted by Gasteiger charge is 2.33. The van der Waals surface area contributed by atoms with E-state index in [0.29, 0.717) is 22.4 Å². The summed E-state index contributed by atoms with van der Waals surface area (Å²) in [5.41, 5.74) is 2.34. The lowest BCUT2D eigenvalue weighted by Gasteiger charge is -2.39. The zero-order valence-corrected chi connectivity index (χ0v) is 17.7. The topological polar surface area (TPSA) is 83.1 Å². The van der Waals surface area contributed by atoms with Crippen molar-refractivity contribution in [3.8, 4) is 0 Å². The highest BCUT2D eigenvalue weighted by atomic mass is 32.1. The van der Waals surface area contributed by atoms with Crippen LogP contribution in [-0.2, 0) is 0 Å². The van der Waals surface area contributed by atoms with Crippen LogP contribution in [0.5, 0.6) is 0 Å². The molecule has 0 aliphatic heterocycles. The summed E-state index contributed by atoms with van der Waals surface area (Å²) in [6, 6.07) is 7.32. The number of carbonyl (C=O) groups is 2. The molecule has 7 heteroatoms. The van der Waals surface area contributed by atoms with Gasteiger partial charge in [0.15, 0.2) is 5.13 Å². The summed E-state index contributed by atoms with van der Waals surface area (Å²) in [4.78, 5) is 29.0. The number of hydrogen-bond acceptors (Lipinski definition) is 4. The number of benzene rings is 1. The Bertz CT molecular complexity index is 862. The van der Waals surface area contributed by atoms with Crippen molar-refractivity contribution in [3.63, 3.8) is 0 Å². The second kappa shape index (κ2) is 8.31. The van der Waals surface area contributed by atoms with Gasteiger partial charge >= 0.3 is 6.03 Å². The fourth-order valence-corrected chi connectivity index (χ4v) is 4.82. The molecule has 0 bridgehead atoms. The van der Waals surface area contributed by atoms with Gasteiger partial charge in [-0.15, -0.1) is 11.3 Å². The third kappa shape index (κ3) is 5.55. The van der Waals surface area contributed by atoms with Crippen LogP contribution < -0.4 is 16.0 Å². The van der Waals surface area contributed by atoms with Gasteiger partial charge < -0.3 is 10.6 Å². The van der Waals surface area contributed by atoms with E-state index in [-0.39, 0.29) is 23.4 Å². The molecule has 3 rings (SSSR count). The number of rotatable bonds is 4. The van der Waals surface area contributed by atoms with Gasteiger partial charge in [-0.3, -0.25) is 10.1 Å². The third-order valence-electron chi connectivity index (χ3n) is 4.96. The van der Waals surface area contributed by atoms with E-state index in [0.717, 1.165) is 18.4 Å². The summed E-state index contributed by atoms with van der Waals surface area (Å²) in [6.07, 6.45) is 3.14. The summed E-state index contributed by atoms with van der Waals surface area (Å²) in [5, 5.41) is 10.6. The molecule has 0 saturated heterocycles. The van der Waals surface area contributed by atoms with Crippen molar-refractivity contribution in [3.05, 3.63) is 40.9 Å². The van der Waals surface area contributed by atoms with E-state index in [2.05, 4.69) is 41.7 Å². The second-order valence-electron chi connectivity index (χ2n) is 8.57. The maximum Gasteiger partial charge on any atom is 0.325 e. The fourth-order valence-electron chi connectivity index (χ4n) is 4.13. The van der Waals surface area contributed by atoms with Crippen LogP contribution in [0.2, 0.25) is 0 Å². The molecular formula is C21H28N4O2S. The van der Waals surface area contributed by atoms with Gasteiger partial charge in [0.05, 0.1) is 0 Å². The number of thiazole rings is 1. The van der Waals surface area contributed by atoms with Crippen LogP contribution in [0, 0.1) is 18.3 Å². The Balaban J connectivity index is 1.56. The molecule has 0 spiro atoms. The zero-order chi connectivity index (χ0) is 20.3. The van der Waals surface area contributed by atoms with Gasteiger partial charge in [0.25, 0.3) is 5.91 Å². The predicted octanol–water partition coefficient (Wildman–Crippen LogP) is 5.04. The van der Waals surface area contributed by atoms with Gasteiger partial charge in [-0.1, -0.05) is 32.9 Å². The monoisotopic (exact) mass is 400 g/mol. The Hall–Kier alpha value is -2.41. The van der Waals surface area contributed by atoms with Crippen LogP contribution in [0.3, 0.4) is 0 Å². The Morgan fingerprint density at radius 1 is 1.21 bits per heavy atom. The number of urea groups is 1. The quantitative estimate of drug-likeness (QED) is 0.672. The van der Waals surface area contributed by atoms with Crippen molar-refractivity contribution in [2.24, 2.45) is 11.3 Å². The number of aryl methyl sites for hydroxylation is 1. The maximum atomic E-state index is 12.6. The van der Waals surface area contributed by atoms with Gasteiger partial charge in [0.2, 0.25) is 0 Å². The molecule has 2 atom stereocenters. The van der Waals surface area contributed by atoms with Crippen molar-refractivity contribution in [1.29, 1.82) is 0 Å². The average molecular weight is 401 g/mol. The van der Waals surface area contributed by atoms with Gasteiger partial charge in [0, 0.05) is 17.1 Å². The lowest BCUT2D eigenvalue weighted by atomic mass is 9.70. The number of carbonyl (C=O) groups excluding carboxylic acids is 2. The molecule has 3 amide bonds. The molecule has 28 heavy (non-hydrogen) atoms. The van der Waals surface area contributed by atoms with Crippen LogP contribution in [-0.4, -0.2) is 23.0 Å². The zero-order valence-electron chi connectivity index (χ0n) is 16.8. The normalized spacial score (nSPS) is 21.0. The average Bonchev–Trinajstić information content (AvgIpc) is 3.01. The minimum atomic E-state index is -0.380. The minimum Gasteiger partial charge on any atom is -0.348 e. The highest BCUT2D eigenvalue weighted by molar-refractivity contribution is 7.14. The number of nitrogens with one attached hydrogen (secondary N) is 3. The molecule has 150 valence electrons. The van der Waals surface area contributed by atoms with E-state index in [1.165, 1.54) is 17.8 Å². The predicted molar refractivity (Wildman–Crippen MR) is 114 cm³/mol. The number of anilines is 2. The van der Waals surface area contributed by atoms with Crippen molar-refractivity contribution in [2.45, 2.75) is 53.0 Å². The van der Waals surface area contributed by atoms with Crippen LogP contribution in [0.25, 0.3) is 0 Å². The SMILES string of the molecule is Cc1cccc(NC(=O)Nc2nc(C(=O)N[C@H]3C[C@@H](C)CC(C)(C)C3)cs2)c1. The lowest BCUT2D eigenvalue weighted by Crippen LogP contribution is -2.43. The number of aromatic nitrogens is 1. The van der Waals surface area contributed by atoms with E-state index in [9.17, 15) is 9.59 Å². The second-order valence-corrected chi connectivity index (χ2v) is 9.43. The van der Waals surface area contributed by atoms with Crippen molar-refractivity contribution in [1.82, 2.24) is 10.3 Å². The first-order chi connectivity index (χ1) is 13.2. The molecule has 1 saturated carbocycles. The Morgan fingerprint density at radius 2 is 2.00 bits per heavy atom. The number of hydrogen-bond donors (Lipinski definition) is 3. The summed E-state index contributed by atoms with van der Waals surface area (Å²) < 4.78 is 0. The first kappa shape index (κ1) is 20.3. The van der Waals surface area contributed by atoms with E-state index in [1.807, 2.05) is 31.2 Å². The maximum absolute atomic E-state index is 12.6. The van der Waals surface area contributed by atoms with Crippen LogP contribution in [0.15, 0.2) is 29.6 Å². The van der Waals surface area contributed by atoms with Crippen LogP contribution >= 0.6 is 11.3 Å². The van der Waals surface area contributed by atoms with E-state index < -0.39 is 0 Å². The molecule has 1 aromatic heterocycles. The smallest absolute Gasteiger partial charge is 0.325 e. The van der Waals surface area contributed by atoms with Gasteiger partial charge in [-0.25, -0.2) is 9.78 Å². The summed E-state index contributed by atoms with van der Waals surface area (Å²) >= 11 is 1.24. The molecule has 0 unspecified atom stereocenters. The minimum absolute atomic E-state index is 0.161. The van der Waals surface area contributed by atoms with Gasteiger partial charge in [-0.05, 0) is 55.2 Å². The first-order valence-electron chi connectivity index (χ1n) is 9.61. The van der Waals surface area contributed by atoms with E-state index >= 15 is 0 Å².